The van der Waals surface area contributed by atoms with Gasteiger partial charge < -0.3 is 4.90 Å². The molecule has 0 aromatic heterocycles. The molecule has 0 aliphatic carbocycles. The van der Waals surface area contributed by atoms with Crippen molar-refractivity contribution in [2.75, 3.05) is 18.0 Å². The van der Waals surface area contributed by atoms with E-state index >= 15 is 0 Å². The van der Waals surface area contributed by atoms with Crippen LogP contribution in [0.5, 0.6) is 0 Å². The number of carbonyl (C=O) groups is 2. The smallest absolute Gasteiger partial charge is 0.200 e. The molecule has 0 saturated carbocycles. The molecule has 3 nitrogen and oxygen atoms in total. The van der Waals surface area contributed by atoms with Crippen LogP contribution in [0.1, 0.15) is 30.1 Å². The lowest BCUT2D eigenvalue weighted by atomic mass is 10.0. The maximum atomic E-state index is 12.9. The Balaban J connectivity index is 2.06. The second-order valence-electron chi connectivity index (χ2n) is 5.21. The van der Waals surface area contributed by atoms with Gasteiger partial charge in [-0.25, -0.2) is 0 Å². The molecule has 1 aromatic carbocycles. The van der Waals surface area contributed by atoms with E-state index in [4.69, 9.17) is 0 Å². The highest BCUT2D eigenvalue weighted by Crippen LogP contribution is 2.42. The monoisotopic (exact) mass is 331 g/mol. The number of benzene rings is 1. The molecular formula is C17H17NO2S2. The van der Waals surface area contributed by atoms with Crippen LogP contribution < -0.4 is 4.90 Å². The van der Waals surface area contributed by atoms with Crippen LogP contribution in [0.2, 0.25) is 0 Å². The van der Waals surface area contributed by atoms with Crippen molar-refractivity contribution in [3.05, 3.63) is 50.5 Å². The zero-order chi connectivity index (χ0) is 15.5. The van der Waals surface area contributed by atoms with Gasteiger partial charge in [0.05, 0.1) is 16.4 Å². The van der Waals surface area contributed by atoms with Crippen LogP contribution in [0.15, 0.2) is 44.9 Å². The summed E-state index contributed by atoms with van der Waals surface area (Å²) in [5, 5.41) is 3.83. The number of thioether (sulfide) groups is 2. The molecule has 0 fully saturated rings. The molecule has 0 radical (unpaired) electrons. The first-order valence-electron chi connectivity index (χ1n) is 7.37. The van der Waals surface area contributed by atoms with Gasteiger partial charge in [0, 0.05) is 17.8 Å². The Kier molecular flexibility index (Phi) is 4.74. The summed E-state index contributed by atoms with van der Waals surface area (Å²) in [5.41, 5.74) is 1.87. The van der Waals surface area contributed by atoms with Crippen molar-refractivity contribution in [1.82, 2.24) is 0 Å². The van der Waals surface area contributed by atoms with Gasteiger partial charge in [-0.1, -0.05) is 49.0 Å². The fraction of sp³-hybridized carbons (Fsp3) is 0.294. The third kappa shape index (κ3) is 2.88. The Labute approximate surface area is 138 Å². The molecule has 114 valence electrons. The van der Waals surface area contributed by atoms with Crippen LogP contribution in [0.25, 0.3) is 0 Å². The number of carbonyl (C=O) groups excluding carboxylic acids is 2. The van der Waals surface area contributed by atoms with Gasteiger partial charge >= 0.3 is 0 Å². The lowest BCUT2D eigenvalue weighted by Crippen LogP contribution is -2.30. The predicted octanol–water partition coefficient (Wildman–Crippen LogP) is 4.22. The van der Waals surface area contributed by atoms with Crippen molar-refractivity contribution in [2.24, 2.45) is 0 Å². The van der Waals surface area contributed by atoms with Crippen molar-refractivity contribution in [3.63, 3.8) is 0 Å². The van der Waals surface area contributed by atoms with Gasteiger partial charge in [-0.2, -0.15) is 0 Å². The zero-order valence-corrected chi connectivity index (χ0v) is 14.0. The number of Topliss-reactive ketones (excluding diaryl/α,β-unsaturated/α-hetero) is 2. The highest BCUT2D eigenvalue weighted by atomic mass is 32.2. The maximum Gasteiger partial charge on any atom is 0.200 e. The summed E-state index contributed by atoms with van der Waals surface area (Å²) in [6.45, 7) is 3.21. The number of rotatable bonds is 3. The average Bonchev–Trinajstić information content (AvgIpc) is 3.02. The summed E-state index contributed by atoms with van der Waals surface area (Å²) >= 11 is 2.92. The van der Waals surface area contributed by atoms with Crippen molar-refractivity contribution < 1.29 is 9.59 Å². The molecule has 3 rings (SSSR count). The highest BCUT2D eigenvalue weighted by Gasteiger charge is 2.32. The molecule has 0 unspecified atom stereocenters. The van der Waals surface area contributed by atoms with Crippen LogP contribution in [-0.2, 0) is 4.79 Å². The summed E-state index contributed by atoms with van der Waals surface area (Å²) in [6, 6.07) is 7.55. The fourth-order valence-corrected chi connectivity index (χ4v) is 4.52. The molecular weight excluding hydrogens is 314 g/mol. The molecule has 2 aliphatic rings. The second kappa shape index (κ2) is 6.75. The third-order valence-electron chi connectivity index (χ3n) is 3.72. The summed E-state index contributed by atoms with van der Waals surface area (Å²) in [5.74, 6) is -0.214. The van der Waals surface area contributed by atoms with Crippen LogP contribution in [0, 0.1) is 0 Å². The van der Waals surface area contributed by atoms with E-state index in [0.717, 1.165) is 29.3 Å². The number of unbranched alkanes of at least 4 members (excludes halogenated alkanes) is 1. The zero-order valence-electron chi connectivity index (χ0n) is 12.4. The molecule has 22 heavy (non-hydrogen) atoms. The molecule has 5 heteroatoms. The average molecular weight is 331 g/mol. The van der Waals surface area contributed by atoms with E-state index < -0.39 is 0 Å². The Morgan fingerprint density at radius 1 is 1.14 bits per heavy atom. The first-order chi connectivity index (χ1) is 10.7. The summed E-state index contributed by atoms with van der Waals surface area (Å²) in [7, 11) is 0. The molecule has 0 bridgehead atoms. The van der Waals surface area contributed by atoms with Gasteiger partial charge in [0.25, 0.3) is 0 Å². The van der Waals surface area contributed by atoms with E-state index in [-0.39, 0.29) is 18.1 Å². The number of anilines is 1. The van der Waals surface area contributed by atoms with Gasteiger partial charge in [0.1, 0.15) is 0 Å². The first kappa shape index (κ1) is 15.4. The predicted molar refractivity (Wildman–Crippen MR) is 94.2 cm³/mol. The normalized spacial score (nSPS) is 18.0. The minimum Gasteiger partial charge on any atom is -0.363 e. The van der Waals surface area contributed by atoms with Gasteiger partial charge in [-0.05, 0) is 29.4 Å². The van der Waals surface area contributed by atoms with Crippen LogP contribution in [0.4, 0.5) is 5.69 Å². The van der Waals surface area contributed by atoms with Gasteiger partial charge in [0.15, 0.2) is 11.6 Å². The first-order valence-corrected chi connectivity index (χ1v) is 9.12. The number of fused-ring (bicyclic) bond motifs is 1. The van der Waals surface area contributed by atoms with E-state index in [0.29, 0.717) is 11.1 Å². The Bertz CT molecular complexity index is 669. The fourth-order valence-electron chi connectivity index (χ4n) is 2.62. The van der Waals surface area contributed by atoms with Crippen LogP contribution >= 0.6 is 23.5 Å². The number of hydrogen-bond donors (Lipinski definition) is 0. The van der Waals surface area contributed by atoms with Crippen molar-refractivity contribution in [3.8, 4) is 0 Å². The SMILES string of the molecule is CCCCN1CC(=O)C(=C2SC=CS2)C(=O)c2ccccc21. The largest absolute Gasteiger partial charge is 0.363 e. The third-order valence-corrected chi connectivity index (χ3v) is 5.85. The summed E-state index contributed by atoms with van der Waals surface area (Å²) < 4.78 is 0.808. The van der Waals surface area contributed by atoms with Crippen LogP contribution in [0.3, 0.4) is 0 Å². The molecule has 2 aliphatic heterocycles. The summed E-state index contributed by atoms with van der Waals surface area (Å²) in [6.07, 6.45) is 2.07. The summed E-state index contributed by atoms with van der Waals surface area (Å²) in [4.78, 5) is 27.6. The molecule has 0 amide bonds. The number of nitrogens with zero attached hydrogens (tertiary/aromatic N) is 1. The van der Waals surface area contributed by atoms with Crippen molar-refractivity contribution in [1.29, 1.82) is 0 Å². The number of ketones is 2. The van der Waals surface area contributed by atoms with Gasteiger partial charge in [0.2, 0.25) is 0 Å². The van der Waals surface area contributed by atoms with E-state index in [1.54, 1.807) is 0 Å². The topological polar surface area (TPSA) is 37.4 Å². The minimum atomic E-state index is -0.140. The lowest BCUT2D eigenvalue weighted by molar-refractivity contribution is -0.114. The Morgan fingerprint density at radius 3 is 2.59 bits per heavy atom. The van der Waals surface area contributed by atoms with E-state index in [1.807, 2.05) is 40.0 Å². The van der Waals surface area contributed by atoms with Crippen molar-refractivity contribution in [2.45, 2.75) is 19.8 Å². The van der Waals surface area contributed by atoms with Crippen molar-refractivity contribution >= 4 is 40.8 Å². The van der Waals surface area contributed by atoms with E-state index in [2.05, 4.69) is 6.92 Å². The second-order valence-corrected chi connectivity index (χ2v) is 7.31. The number of para-hydroxylation sites is 1. The van der Waals surface area contributed by atoms with Gasteiger partial charge in [-0.3, -0.25) is 9.59 Å². The Hall–Kier alpha value is -1.46. The molecule has 1 aromatic rings. The number of hydrogen-bond acceptors (Lipinski definition) is 5. The maximum absolute atomic E-state index is 12.9. The molecule has 0 atom stereocenters. The minimum absolute atomic E-state index is 0.0731. The van der Waals surface area contributed by atoms with Gasteiger partial charge in [-0.15, -0.1) is 0 Å². The lowest BCUT2D eigenvalue weighted by Gasteiger charge is -2.23. The van der Waals surface area contributed by atoms with E-state index in [9.17, 15) is 9.59 Å². The molecule has 0 N–H and O–H groups in total. The van der Waals surface area contributed by atoms with Crippen LogP contribution in [-0.4, -0.2) is 24.7 Å². The highest BCUT2D eigenvalue weighted by molar-refractivity contribution is 8.27. The quantitative estimate of drug-likeness (QED) is 0.612. The molecule has 0 saturated heterocycles. The molecule has 2 heterocycles. The standard InChI is InChI=1S/C17H17NO2S2/c1-2-3-8-18-11-14(19)15(17-21-9-10-22-17)16(20)12-6-4-5-7-13(12)18/h4-7,9-10H,2-3,8,11H2,1H3. The Morgan fingerprint density at radius 2 is 1.86 bits per heavy atom. The molecule has 0 spiro atoms. The van der Waals surface area contributed by atoms with E-state index in [1.165, 1.54) is 23.5 Å².